The van der Waals surface area contributed by atoms with E-state index in [9.17, 15) is 4.79 Å². The lowest BCUT2D eigenvalue weighted by Crippen LogP contribution is -2.31. The molecule has 24 heavy (non-hydrogen) atoms. The van der Waals surface area contributed by atoms with Gasteiger partial charge in [-0.1, -0.05) is 40.9 Å². The summed E-state index contributed by atoms with van der Waals surface area (Å²) in [7, 11) is 2.03. The van der Waals surface area contributed by atoms with E-state index in [1.165, 1.54) is 0 Å². The monoisotopic (exact) mass is 333 g/mol. The highest BCUT2D eigenvalue weighted by Crippen LogP contribution is 2.29. The van der Waals surface area contributed by atoms with Gasteiger partial charge in [0.05, 0.1) is 5.56 Å². The summed E-state index contributed by atoms with van der Waals surface area (Å²) in [6.07, 6.45) is 3.74. The van der Waals surface area contributed by atoms with Gasteiger partial charge in [0, 0.05) is 30.9 Å². The molecule has 0 radical (unpaired) electrons. The Morgan fingerprint density at radius 3 is 2.42 bits per heavy atom. The lowest BCUT2D eigenvalue weighted by atomic mass is 9.98. The van der Waals surface area contributed by atoms with E-state index in [1.807, 2.05) is 20.0 Å². The Bertz CT molecular complexity index is 554. The lowest BCUT2D eigenvalue weighted by Gasteiger charge is -2.28. The molecule has 0 aliphatic heterocycles. The van der Waals surface area contributed by atoms with Crippen molar-refractivity contribution in [1.82, 2.24) is 10.3 Å². The van der Waals surface area contributed by atoms with E-state index in [1.54, 1.807) is 6.08 Å². The zero-order valence-electron chi connectivity index (χ0n) is 15.4. The molecular formula is C20H35N3O. The number of hydrogen-bond acceptors (Lipinski definition) is 3. The second-order valence-electron chi connectivity index (χ2n) is 6.07. The predicted octanol–water partition coefficient (Wildman–Crippen LogP) is 4.86. The Morgan fingerprint density at radius 1 is 1.33 bits per heavy atom. The predicted molar refractivity (Wildman–Crippen MR) is 106 cm³/mol. The highest BCUT2D eigenvalue weighted by Gasteiger charge is 2.21. The van der Waals surface area contributed by atoms with Gasteiger partial charge in [-0.15, -0.1) is 0 Å². The molecule has 1 aromatic heterocycles. The molecule has 4 nitrogen and oxygen atoms in total. The van der Waals surface area contributed by atoms with Crippen LogP contribution in [-0.4, -0.2) is 30.5 Å². The minimum atomic E-state index is -0.0619. The van der Waals surface area contributed by atoms with Gasteiger partial charge >= 0.3 is 0 Å². The average Bonchev–Trinajstić information content (AvgIpc) is 2.58. The summed E-state index contributed by atoms with van der Waals surface area (Å²) in [5.74, 6) is 1.09. The molecular weight excluding hydrogens is 298 g/mol. The molecule has 1 aromatic rings. The summed E-state index contributed by atoms with van der Waals surface area (Å²) >= 11 is 0. The SMILES string of the molecule is C.C=Cc1c(C(=O)NCC)cc(C(C)CC)nc1N(C)C(C)CC. The van der Waals surface area contributed by atoms with Gasteiger partial charge in [0.1, 0.15) is 5.82 Å². The first-order valence-corrected chi connectivity index (χ1v) is 8.59. The molecule has 1 amide bonds. The van der Waals surface area contributed by atoms with Crippen LogP contribution in [0, 0.1) is 0 Å². The maximum absolute atomic E-state index is 12.5. The van der Waals surface area contributed by atoms with Crippen molar-refractivity contribution in [2.75, 3.05) is 18.5 Å². The number of nitrogens with one attached hydrogen (secondary N) is 1. The summed E-state index contributed by atoms with van der Waals surface area (Å²) < 4.78 is 0. The smallest absolute Gasteiger partial charge is 0.252 e. The molecule has 1 heterocycles. The average molecular weight is 334 g/mol. The number of aromatic nitrogens is 1. The van der Waals surface area contributed by atoms with Gasteiger partial charge in [-0.25, -0.2) is 4.98 Å². The number of amides is 1. The van der Waals surface area contributed by atoms with Crippen molar-refractivity contribution < 1.29 is 4.79 Å². The number of pyridine rings is 1. The van der Waals surface area contributed by atoms with Crippen molar-refractivity contribution in [1.29, 1.82) is 0 Å². The molecule has 0 spiro atoms. The van der Waals surface area contributed by atoms with Crippen molar-refractivity contribution in [2.24, 2.45) is 0 Å². The zero-order valence-corrected chi connectivity index (χ0v) is 15.4. The second-order valence-corrected chi connectivity index (χ2v) is 6.07. The number of rotatable bonds is 8. The largest absolute Gasteiger partial charge is 0.356 e. The van der Waals surface area contributed by atoms with Crippen molar-refractivity contribution in [3.63, 3.8) is 0 Å². The highest BCUT2D eigenvalue weighted by atomic mass is 16.1. The summed E-state index contributed by atoms with van der Waals surface area (Å²) in [6.45, 7) is 15.0. The van der Waals surface area contributed by atoms with E-state index in [4.69, 9.17) is 4.98 Å². The number of hydrogen-bond donors (Lipinski definition) is 1. The fourth-order valence-electron chi connectivity index (χ4n) is 2.42. The van der Waals surface area contributed by atoms with Gasteiger partial charge in [0.25, 0.3) is 5.91 Å². The molecule has 0 fully saturated rings. The van der Waals surface area contributed by atoms with E-state index in [0.29, 0.717) is 24.1 Å². The Hall–Kier alpha value is -1.84. The van der Waals surface area contributed by atoms with Crippen molar-refractivity contribution >= 4 is 17.8 Å². The van der Waals surface area contributed by atoms with Crippen molar-refractivity contribution in [3.05, 3.63) is 29.5 Å². The van der Waals surface area contributed by atoms with Crippen LogP contribution < -0.4 is 10.2 Å². The quantitative estimate of drug-likeness (QED) is 0.739. The van der Waals surface area contributed by atoms with Crippen LogP contribution in [0.25, 0.3) is 6.08 Å². The first-order valence-electron chi connectivity index (χ1n) is 8.59. The standard InChI is InChI=1S/C19H31N3O.CH4/c1-8-13(5)17-12-16(19(23)20-11-4)15(10-3)18(21-17)22(7)14(6)9-2;/h10,12-14H,3,8-9,11H2,1-2,4-7H3,(H,20,23);1H4. The highest BCUT2D eigenvalue weighted by molar-refractivity contribution is 5.99. The molecule has 0 aliphatic carbocycles. The van der Waals surface area contributed by atoms with E-state index in [-0.39, 0.29) is 13.3 Å². The van der Waals surface area contributed by atoms with Crippen molar-refractivity contribution in [3.8, 4) is 0 Å². The van der Waals surface area contributed by atoms with Gasteiger partial charge in [0.2, 0.25) is 0 Å². The fourth-order valence-corrected chi connectivity index (χ4v) is 2.42. The Kier molecular flexibility index (Phi) is 9.34. The normalized spacial score (nSPS) is 12.8. The zero-order chi connectivity index (χ0) is 17.6. The first kappa shape index (κ1) is 22.2. The van der Waals surface area contributed by atoms with Gasteiger partial charge in [-0.05, 0) is 38.7 Å². The summed E-state index contributed by atoms with van der Waals surface area (Å²) in [5, 5.41) is 2.90. The minimum Gasteiger partial charge on any atom is -0.356 e. The number of carbonyl (C=O) groups excluding carboxylic acids is 1. The third-order valence-electron chi connectivity index (χ3n) is 4.55. The first-order chi connectivity index (χ1) is 10.9. The van der Waals surface area contributed by atoms with Crippen LogP contribution >= 0.6 is 0 Å². The van der Waals surface area contributed by atoms with Gasteiger partial charge in [-0.3, -0.25) is 4.79 Å². The Balaban J connectivity index is 0.00000529. The molecule has 0 aliphatic rings. The van der Waals surface area contributed by atoms with Crippen LogP contribution in [-0.2, 0) is 0 Å². The number of anilines is 1. The van der Waals surface area contributed by atoms with E-state index in [0.717, 1.165) is 29.9 Å². The Morgan fingerprint density at radius 2 is 1.96 bits per heavy atom. The van der Waals surface area contributed by atoms with Crippen LogP contribution in [0.4, 0.5) is 5.82 Å². The fraction of sp³-hybridized carbons (Fsp3) is 0.600. The molecule has 1 N–H and O–H groups in total. The van der Waals surface area contributed by atoms with E-state index in [2.05, 4.69) is 44.5 Å². The summed E-state index contributed by atoms with van der Waals surface area (Å²) in [6, 6.07) is 2.26. The number of nitrogens with zero attached hydrogens (tertiary/aromatic N) is 2. The second kappa shape index (κ2) is 10.1. The van der Waals surface area contributed by atoms with Crippen molar-refractivity contribution in [2.45, 2.75) is 66.8 Å². The van der Waals surface area contributed by atoms with Crippen LogP contribution in [0.3, 0.4) is 0 Å². The topological polar surface area (TPSA) is 45.2 Å². The Labute approximate surface area is 148 Å². The summed E-state index contributed by atoms with van der Waals surface area (Å²) in [4.78, 5) is 19.5. The van der Waals surface area contributed by atoms with Crippen LogP contribution in [0.1, 0.15) is 82.4 Å². The van der Waals surface area contributed by atoms with E-state index < -0.39 is 0 Å². The molecule has 0 bridgehead atoms. The maximum atomic E-state index is 12.5. The third-order valence-corrected chi connectivity index (χ3v) is 4.55. The molecule has 0 aromatic carbocycles. The third kappa shape index (κ3) is 4.83. The molecule has 4 heteroatoms. The van der Waals surface area contributed by atoms with Crippen LogP contribution in [0.2, 0.25) is 0 Å². The molecule has 2 atom stereocenters. The molecule has 1 rings (SSSR count). The molecule has 0 saturated heterocycles. The van der Waals surface area contributed by atoms with Gasteiger partial charge in [-0.2, -0.15) is 0 Å². The van der Waals surface area contributed by atoms with Gasteiger partial charge in [0.15, 0.2) is 0 Å². The molecule has 136 valence electrons. The van der Waals surface area contributed by atoms with Crippen LogP contribution in [0.15, 0.2) is 12.6 Å². The minimum absolute atomic E-state index is 0. The molecule has 2 unspecified atom stereocenters. The number of carbonyl (C=O) groups is 1. The maximum Gasteiger partial charge on any atom is 0.252 e. The molecule has 0 saturated carbocycles. The van der Waals surface area contributed by atoms with Crippen LogP contribution in [0.5, 0.6) is 0 Å². The van der Waals surface area contributed by atoms with Gasteiger partial charge < -0.3 is 10.2 Å². The lowest BCUT2D eigenvalue weighted by molar-refractivity contribution is 0.0955. The summed E-state index contributed by atoms with van der Waals surface area (Å²) in [5.41, 5.74) is 2.44. The van der Waals surface area contributed by atoms with E-state index >= 15 is 0 Å².